The summed E-state index contributed by atoms with van der Waals surface area (Å²) >= 11 is 0. The number of hydrogen-bond acceptors (Lipinski definition) is 1. The first-order valence-corrected chi connectivity index (χ1v) is 11.0. The van der Waals surface area contributed by atoms with Gasteiger partial charge in [-0.15, -0.1) is 0 Å². The van der Waals surface area contributed by atoms with Crippen molar-refractivity contribution in [3.05, 3.63) is 120 Å². The Hall–Kier alpha value is -3.97. The molecule has 0 N–H and O–H groups in total. The van der Waals surface area contributed by atoms with E-state index < -0.39 is 0 Å². The summed E-state index contributed by atoms with van der Waals surface area (Å²) in [6, 6.07) is 36.6. The minimum atomic E-state index is 1.17. The minimum Gasteiger partial charge on any atom is -0.296 e. The maximum absolute atomic E-state index is 4.40. The van der Waals surface area contributed by atoms with Gasteiger partial charge in [0.2, 0.25) is 0 Å². The van der Waals surface area contributed by atoms with Gasteiger partial charge in [0.1, 0.15) is 0 Å². The number of nitrogens with zero attached hydrogens (tertiary/aromatic N) is 1. The highest BCUT2D eigenvalue weighted by molar-refractivity contribution is 6.19. The van der Waals surface area contributed by atoms with Gasteiger partial charge in [0.15, 0.2) is 0 Å². The Morgan fingerprint density at radius 3 is 1.81 bits per heavy atom. The zero-order chi connectivity index (χ0) is 21.9. The maximum atomic E-state index is 4.40. The fourth-order valence-corrected chi connectivity index (χ4v) is 4.49. The zero-order valence-electron chi connectivity index (χ0n) is 18.4. The molecule has 0 aromatic heterocycles. The van der Waals surface area contributed by atoms with Crippen LogP contribution in [0.5, 0.6) is 0 Å². The monoisotopic (exact) mass is 411 g/mol. The van der Waals surface area contributed by atoms with Crippen molar-refractivity contribution >= 4 is 39.4 Å². The van der Waals surface area contributed by atoms with Crippen LogP contribution < -0.4 is 0 Å². The SMILES string of the molecule is C/N=C/c1c(/C=C(\C)c2cccc(-c3ccccc3)c2)c2ccccc2c2ccccc12. The van der Waals surface area contributed by atoms with Crippen molar-refractivity contribution in [2.24, 2.45) is 4.99 Å². The van der Waals surface area contributed by atoms with Crippen LogP contribution in [0.3, 0.4) is 0 Å². The molecule has 0 saturated heterocycles. The average Bonchev–Trinajstić information content (AvgIpc) is 2.86. The third-order valence-corrected chi connectivity index (χ3v) is 6.06. The van der Waals surface area contributed by atoms with E-state index >= 15 is 0 Å². The number of benzene rings is 5. The molecule has 0 fully saturated rings. The van der Waals surface area contributed by atoms with Crippen LogP contribution >= 0.6 is 0 Å². The summed E-state index contributed by atoms with van der Waals surface area (Å²) in [7, 11) is 1.84. The Kier molecular flexibility index (Phi) is 5.39. The fourth-order valence-electron chi connectivity index (χ4n) is 4.49. The topological polar surface area (TPSA) is 12.4 Å². The Balaban J connectivity index is 1.74. The van der Waals surface area contributed by atoms with E-state index in [2.05, 4.69) is 121 Å². The largest absolute Gasteiger partial charge is 0.296 e. The highest BCUT2D eigenvalue weighted by Gasteiger charge is 2.12. The molecule has 0 heterocycles. The molecule has 0 aliphatic heterocycles. The normalized spacial score (nSPS) is 12.1. The standard InChI is InChI=1S/C31H25N/c1-22(24-13-10-14-25(20-24)23-11-4-3-5-12-23)19-30-28-17-8-6-15-26(28)27-16-7-9-18-29(27)31(30)21-32-2/h3-21H,1-2H3/b22-19+,32-21+. The van der Waals surface area contributed by atoms with Crippen LogP contribution in [0.1, 0.15) is 23.6 Å². The molecule has 0 bridgehead atoms. The van der Waals surface area contributed by atoms with Crippen LogP contribution in [-0.4, -0.2) is 13.3 Å². The molecule has 32 heavy (non-hydrogen) atoms. The third-order valence-electron chi connectivity index (χ3n) is 6.06. The van der Waals surface area contributed by atoms with E-state index in [-0.39, 0.29) is 0 Å². The summed E-state index contributed by atoms with van der Waals surface area (Å²) in [5, 5.41) is 5.01. The Morgan fingerprint density at radius 2 is 1.16 bits per heavy atom. The molecule has 0 aliphatic carbocycles. The van der Waals surface area contributed by atoms with Gasteiger partial charge in [0.05, 0.1) is 0 Å². The molecule has 154 valence electrons. The van der Waals surface area contributed by atoms with Gasteiger partial charge in [-0.25, -0.2) is 0 Å². The van der Waals surface area contributed by atoms with Crippen molar-refractivity contribution in [1.29, 1.82) is 0 Å². The summed E-state index contributed by atoms with van der Waals surface area (Å²) in [5.41, 5.74) is 7.30. The van der Waals surface area contributed by atoms with Crippen molar-refractivity contribution < 1.29 is 0 Å². The average molecular weight is 412 g/mol. The molecule has 0 aliphatic rings. The van der Waals surface area contributed by atoms with Crippen molar-refractivity contribution in [3.8, 4) is 11.1 Å². The molecule has 0 radical (unpaired) electrons. The van der Waals surface area contributed by atoms with Gasteiger partial charge in [-0.1, -0.05) is 103 Å². The van der Waals surface area contributed by atoms with Crippen molar-refractivity contribution in [3.63, 3.8) is 0 Å². The van der Waals surface area contributed by atoms with E-state index in [9.17, 15) is 0 Å². The highest BCUT2D eigenvalue weighted by Crippen LogP contribution is 2.35. The van der Waals surface area contributed by atoms with Crippen molar-refractivity contribution in [2.75, 3.05) is 7.05 Å². The van der Waals surface area contributed by atoms with Gasteiger partial charge < -0.3 is 0 Å². The van der Waals surface area contributed by atoms with Crippen molar-refractivity contribution in [2.45, 2.75) is 6.92 Å². The number of fused-ring (bicyclic) bond motifs is 3. The molecule has 0 spiro atoms. The predicted octanol–water partition coefficient (Wildman–Crippen LogP) is 8.27. The molecule has 0 unspecified atom stereocenters. The van der Waals surface area contributed by atoms with Gasteiger partial charge in [0, 0.05) is 18.8 Å². The summed E-state index contributed by atoms with van der Waals surface area (Å²) < 4.78 is 0. The first-order chi connectivity index (χ1) is 15.8. The van der Waals surface area contributed by atoms with E-state index in [1.54, 1.807) is 0 Å². The van der Waals surface area contributed by atoms with Gasteiger partial charge >= 0.3 is 0 Å². The number of aliphatic imine (C=N–C) groups is 1. The van der Waals surface area contributed by atoms with E-state index in [0.717, 1.165) is 0 Å². The predicted molar refractivity (Wildman–Crippen MR) is 140 cm³/mol. The summed E-state index contributed by atoms with van der Waals surface area (Å²) in [5.74, 6) is 0. The molecule has 5 aromatic rings. The Bertz CT molecular complexity index is 1470. The highest BCUT2D eigenvalue weighted by atomic mass is 14.6. The molecule has 0 atom stereocenters. The molecule has 0 saturated carbocycles. The van der Waals surface area contributed by atoms with Gasteiger partial charge in [-0.2, -0.15) is 0 Å². The second kappa shape index (κ2) is 8.64. The fraction of sp³-hybridized carbons (Fsp3) is 0.0645. The zero-order valence-corrected chi connectivity index (χ0v) is 18.4. The molecule has 5 aromatic carbocycles. The Morgan fingerprint density at radius 1 is 0.594 bits per heavy atom. The first-order valence-electron chi connectivity index (χ1n) is 11.0. The maximum Gasteiger partial charge on any atom is 0.0293 e. The van der Waals surface area contributed by atoms with Crippen LogP contribution in [0.4, 0.5) is 0 Å². The van der Waals surface area contributed by atoms with Crippen molar-refractivity contribution in [1.82, 2.24) is 0 Å². The van der Waals surface area contributed by atoms with Crippen LogP contribution in [0.25, 0.3) is 44.3 Å². The molecule has 1 nitrogen and oxygen atoms in total. The molecule has 1 heteroatoms. The van der Waals surface area contributed by atoms with E-state index in [4.69, 9.17) is 0 Å². The van der Waals surface area contributed by atoms with Crippen LogP contribution in [0.15, 0.2) is 108 Å². The number of allylic oxidation sites excluding steroid dienone is 1. The van der Waals surface area contributed by atoms with Gasteiger partial charge in [-0.3, -0.25) is 4.99 Å². The molecular weight excluding hydrogens is 386 g/mol. The third kappa shape index (κ3) is 3.63. The number of rotatable bonds is 4. The smallest absolute Gasteiger partial charge is 0.0293 e. The van der Waals surface area contributed by atoms with Crippen LogP contribution in [-0.2, 0) is 0 Å². The first kappa shape index (κ1) is 20.0. The van der Waals surface area contributed by atoms with E-state index in [0.29, 0.717) is 0 Å². The quantitative estimate of drug-likeness (QED) is 0.160. The summed E-state index contributed by atoms with van der Waals surface area (Å²) in [4.78, 5) is 4.40. The second-order valence-corrected chi connectivity index (χ2v) is 8.08. The molecule has 0 amide bonds. The van der Waals surface area contributed by atoms with E-state index in [1.165, 1.54) is 54.9 Å². The summed E-state index contributed by atoms with van der Waals surface area (Å²) in [6.07, 6.45) is 4.31. The molecular formula is C31H25N. The lowest BCUT2D eigenvalue weighted by Gasteiger charge is -2.14. The van der Waals surface area contributed by atoms with Gasteiger partial charge in [-0.05, 0) is 62.4 Å². The van der Waals surface area contributed by atoms with Crippen LogP contribution in [0, 0.1) is 0 Å². The number of hydrogen-bond donors (Lipinski definition) is 0. The molecule has 5 rings (SSSR count). The lowest BCUT2D eigenvalue weighted by atomic mass is 9.90. The Labute approximate surface area is 189 Å². The summed E-state index contributed by atoms with van der Waals surface area (Å²) in [6.45, 7) is 2.20. The van der Waals surface area contributed by atoms with Crippen LogP contribution in [0.2, 0.25) is 0 Å². The van der Waals surface area contributed by atoms with E-state index in [1.807, 2.05) is 13.3 Å². The second-order valence-electron chi connectivity index (χ2n) is 8.08. The van der Waals surface area contributed by atoms with Gasteiger partial charge in [0.25, 0.3) is 0 Å². The lowest BCUT2D eigenvalue weighted by molar-refractivity contribution is 1.47. The lowest BCUT2D eigenvalue weighted by Crippen LogP contribution is -1.94. The minimum absolute atomic E-state index is 1.17.